The minimum atomic E-state index is -0.387. The van der Waals surface area contributed by atoms with Crippen LogP contribution in [0, 0.1) is 11.8 Å². The number of carbonyl (C=O) groups excluding carboxylic acids is 1. The molecule has 0 aromatic rings. The molecule has 3 N–H and O–H groups in total. The van der Waals surface area contributed by atoms with Crippen molar-refractivity contribution in [1.29, 1.82) is 0 Å². The maximum Gasteiger partial charge on any atom is 0.237 e. The molecule has 0 spiro atoms. The smallest absolute Gasteiger partial charge is 0.237 e. The van der Waals surface area contributed by atoms with Gasteiger partial charge in [0.25, 0.3) is 0 Å². The summed E-state index contributed by atoms with van der Waals surface area (Å²) in [5.41, 5.74) is 5.91. The lowest BCUT2D eigenvalue weighted by molar-refractivity contribution is -0.124. The second-order valence-electron chi connectivity index (χ2n) is 5.16. The van der Waals surface area contributed by atoms with E-state index in [1.807, 2.05) is 6.92 Å². The van der Waals surface area contributed by atoms with Crippen molar-refractivity contribution in [2.45, 2.75) is 52.1 Å². The molecule has 100 valence electrons. The molecule has 0 aromatic heterocycles. The van der Waals surface area contributed by atoms with Gasteiger partial charge in [-0.1, -0.05) is 20.3 Å². The number of nitrogens with two attached hydrogens (primary N) is 1. The van der Waals surface area contributed by atoms with Gasteiger partial charge in [-0.2, -0.15) is 0 Å². The number of ether oxygens (including phenoxy) is 1. The van der Waals surface area contributed by atoms with E-state index in [0.717, 1.165) is 32.5 Å². The first kappa shape index (κ1) is 14.5. The fraction of sp³-hybridized carbons (Fsp3) is 0.923. The van der Waals surface area contributed by atoms with Crippen LogP contribution in [0.1, 0.15) is 40.0 Å². The van der Waals surface area contributed by atoms with E-state index in [1.54, 1.807) is 0 Å². The summed E-state index contributed by atoms with van der Waals surface area (Å²) in [5.74, 6) is 0.743. The minimum Gasteiger partial charge on any atom is -0.381 e. The molecule has 3 unspecified atom stereocenters. The van der Waals surface area contributed by atoms with Crippen molar-refractivity contribution in [3.05, 3.63) is 0 Å². The number of amides is 1. The largest absolute Gasteiger partial charge is 0.381 e. The summed E-state index contributed by atoms with van der Waals surface area (Å²) < 4.78 is 5.32. The van der Waals surface area contributed by atoms with E-state index >= 15 is 0 Å². The quantitative estimate of drug-likeness (QED) is 0.763. The highest BCUT2D eigenvalue weighted by atomic mass is 16.5. The van der Waals surface area contributed by atoms with E-state index in [4.69, 9.17) is 10.5 Å². The first-order chi connectivity index (χ1) is 8.06. The van der Waals surface area contributed by atoms with E-state index in [-0.39, 0.29) is 23.9 Å². The second-order valence-corrected chi connectivity index (χ2v) is 5.16. The lowest BCUT2D eigenvalue weighted by Gasteiger charge is -2.29. The van der Waals surface area contributed by atoms with Crippen LogP contribution in [0.25, 0.3) is 0 Å². The van der Waals surface area contributed by atoms with Gasteiger partial charge in [-0.05, 0) is 31.6 Å². The van der Waals surface area contributed by atoms with Crippen LogP contribution >= 0.6 is 0 Å². The fourth-order valence-electron chi connectivity index (χ4n) is 2.17. The van der Waals surface area contributed by atoms with Crippen molar-refractivity contribution in [3.63, 3.8) is 0 Å². The summed E-state index contributed by atoms with van der Waals surface area (Å²) in [6.45, 7) is 7.75. The number of carbonyl (C=O) groups is 1. The molecule has 4 nitrogen and oxygen atoms in total. The average molecular weight is 242 g/mol. The van der Waals surface area contributed by atoms with Crippen LogP contribution in [0.4, 0.5) is 0 Å². The van der Waals surface area contributed by atoms with Crippen LogP contribution in [-0.4, -0.2) is 31.2 Å². The van der Waals surface area contributed by atoms with Gasteiger partial charge in [0.1, 0.15) is 0 Å². The molecule has 4 heteroatoms. The summed E-state index contributed by atoms with van der Waals surface area (Å²) >= 11 is 0. The summed E-state index contributed by atoms with van der Waals surface area (Å²) in [5, 5.41) is 3.05. The number of nitrogens with one attached hydrogen (secondary N) is 1. The van der Waals surface area contributed by atoms with Crippen molar-refractivity contribution >= 4 is 5.91 Å². The zero-order valence-corrected chi connectivity index (χ0v) is 11.2. The number of hydrogen-bond acceptors (Lipinski definition) is 3. The third-order valence-corrected chi connectivity index (χ3v) is 3.90. The molecule has 0 aromatic carbocycles. The van der Waals surface area contributed by atoms with E-state index in [0.29, 0.717) is 5.92 Å². The Balaban J connectivity index is 2.38. The highest BCUT2D eigenvalue weighted by Crippen LogP contribution is 2.18. The van der Waals surface area contributed by atoms with Crippen LogP contribution < -0.4 is 11.1 Å². The SMILES string of the molecule is CCC(C)C(N)C(=O)NC(C)C1CCOCC1. The molecule has 1 rings (SSSR count). The van der Waals surface area contributed by atoms with Crippen LogP contribution in [0.2, 0.25) is 0 Å². The van der Waals surface area contributed by atoms with Crippen LogP contribution in [0.5, 0.6) is 0 Å². The molecule has 1 fully saturated rings. The summed E-state index contributed by atoms with van der Waals surface area (Å²) in [6.07, 6.45) is 2.99. The summed E-state index contributed by atoms with van der Waals surface area (Å²) in [6, 6.07) is -0.191. The maximum absolute atomic E-state index is 11.9. The van der Waals surface area contributed by atoms with Crippen molar-refractivity contribution in [2.24, 2.45) is 17.6 Å². The summed E-state index contributed by atoms with van der Waals surface area (Å²) in [4.78, 5) is 11.9. The third-order valence-electron chi connectivity index (χ3n) is 3.90. The van der Waals surface area contributed by atoms with E-state index < -0.39 is 0 Å². The van der Waals surface area contributed by atoms with Gasteiger partial charge < -0.3 is 15.8 Å². The first-order valence-electron chi connectivity index (χ1n) is 6.70. The zero-order chi connectivity index (χ0) is 12.8. The Bertz CT molecular complexity index is 240. The molecule has 1 heterocycles. The lowest BCUT2D eigenvalue weighted by atomic mass is 9.92. The number of rotatable bonds is 5. The third kappa shape index (κ3) is 4.28. The van der Waals surface area contributed by atoms with Gasteiger partial charge in [-0.3, -0.25) is 4.79 Å². The molecular formula is C13H26N2O2. The minimum absolute atomic E-state index is 0.0154. The molecule has 1 aliphatic heterocycles. The van der Waals surface area contributed by atoms with Gasteiger partial charge in [0.2, 0.25) is 5.91 Å². The molecule has 0 bridgehead atoms. The molecule has 1 saturated heterocycles. The van der Waals surface area contributed by atoms with Gasteiger partial charge in [0, 0.05) is 19.3 Å². The van der Waals surface area contributed by atoms with Crippen LogP contribution in [0.3, 0.4) is 0 Å². The average Bonchev–Trinajstić information content (AvgIpc) is 2.37. The molecule has 0 saturated carbocycles. The van der Waals surface area contributed by atoms with Gasteiger partial charge >= 0.3 is 0 Å². The normalized spacial score (nSPS) is 22.8. The Labute approximate surface area is 104 Å². The molecule has 1 amide bonds. The second kappa shape index (κ2) is 6.97. The van der Waals surface area contributed by atoms with Crippen molar-refractivity contribution in [2.75, 3.05) is 13.2 Å². The Hall–Kier alpha value is -0.610. The lowest BCUT2D eigenvalue weighted by Crippen LogP contribution is -2.50. The molecular weight excluding hydrogens is 216 g/mol. The van der Waals surface area contributed by atoms with Crippen molar-refractivity contribution in [1.82, 2.24) is 5.32 Å². The molecule has 0 radical (unpaired) electrons. The van der Waals surface area contributed by atoms with Crippen LogP contribution in [-0.2, 0) is 9.53 Å². The monoisotopic (exact) mass is 242 g/mol. The zero-order valence-electron chi connectivity index (χ0n) is 11.2. The van der Waals surface area contributed by atoms with Crippen molar-refractivity contribution in [3.8, 4) is 0 Å². The molecule has 1 aliphatic rings. The Morgan fingerprint density at radius 2 is 2.00 bits per heavy atom. The van der Waals surface area contributed by atoms with E-state index in [2.05, 4.69) is 19.2 Å². The van der Waals surface area contributed by atoms with Gasteiger partial charge in [-0.25, -0.2) is 0 Å². The molecule has 0 aliphatic carbocycles. The predicted octanol–water partition coefficient (Wildman–Crippen LogP) is 1.29. The van der Waals surface area contributed by atoms with Gasteiger partial charge in [0.15, 0.2) is 0 Å². The topological polar surface area (TPSA) is 64.4 Å². The summed E-state index contributed by atoms with van der Waals surface area (Å²) in [7, 11) is 0. The standard InChI is InChI=1S/C13H26N2O2/c1-4-9(2)12(14)13(16)15-10(3)11-5-7-17-8-6-11/h9-12H,4-8,14H2,1-3H3,(H,15,16). The van der Waals surface area contributed by atoms with E-state index in [9.17, 15) is 4.79 Å². The Morgan fingerprint density at radius 3 is 2.53 bits per heavy atom. The maximum atomic E-state index is 11.9. The van der Waals surface area contributed by atoms with E-state index in [1.165, 1.54) is 0 Å². The number of hydrogen-bond donors (Lipinski definition) is 2. The molecule has 17 heavy (non-hydrogen) atoms. The highest BCUT2D eigenvalue weighted by Gasteiger charge is 2.25. The van der Waals surface area contributed by atoms with Crippen molar-refractivity contribution < 1.29 is 9.53 Å². The molecule has 3 atom stereocenters. The Morgan fingerprint density at radius 1 is 1.41 bits per heavy atom. The first-order valence-corrected chi connectivity index (χ1v) is 6.70. The van der Waals surface area contributed by atoms with Crippen LogP contribution in [0.15, 0.2) is 0 Å². The fourth-order valence-corrected chi connectivity index (χ4v) is 2.17. The highest BCUT2D eigenvalue weighted by molar-refractivity contribution is 5.82. The van der Waals surface area contributed by atoms with Gasteiger partial charge in [0.05, 0.1) is 6.04 Å². The predicted molar refractivity (Wildman–Crippen MR) is 68.6 cm³/mol. The van der Waals surface area contributed by atoms with Gasteiger partial charge in [-0.15, -0.1) is 0 Å². The Kier molecular flexibility index (Phi) is 5.92.